The maximum atomic E-state index is 9.24. The van der Waals surface area contributed by atoms with Crippen molar-refractivity contribution >= 4 is 23.3 Å². The van der Waals surface area contributed by atoms with Gasteiger partial charge in [0.1, 0.15) is 0 Å². The first-order valence-electron chi connectivity index (χ1n) is 1.19. The fourth-order valence-electron chi connectivity index (χ4n) is 0. The standard InChI is InChI=1S/C2H5NO2.Al.2H2O.3H/c3-1-2(4)5;;;;;;/h1,3H2,(H,4,5);;2*1H2;;;. The SMILES string of the molecule is NCC(=O)O.O.O.[AlH3]. The summed E-state index contributed by atoms with van der Waals surface area (Å²) in [5.41, 5.74) is 4.57. The summed E-state index contributed by atoms with van der Waals surface area (Å²) in [6, 6.07) is 0. The molecule has 0 heterocycles. The van der Waals surface area contributed by atoms with Crippen LogP contribution in [0.25, 0.3) is 0 Å². The van der Waals surface area contributed by atoms with Crippen LogP contribution in [0.15, 0.2) is 0 Å². The minimum Gasteiger partial charge on any atom is -0.480 e. The number of nitrogens with two attached hydrogens (primary N) is 1. The fourth-order valence-corrected chi connectivity index (χ4v) is 0. The molecule has 0 aliphatic rings. The molecule has 0 aromatic heterocycles. The summed E-state index contributed by atoms with van der Waals surface area (Å²) < 4.78 is 0. The predicted molar refractivity (Wildman–Crippen MR) is 33.9 cm³/mol. The summed E-state index contributed by atoms with van der Waals surface area (Å²) >= 11 is 0. The molecule has 0 rings (SSSR count). The van der Waals surface area contributed by atoms with Crippen molar-refractivity contribution < 1.29 is 20.9 Å². The second-order valence-corrected chi connectivity index (χ2v) is 0.598. The molecule has 5 nitrogen and oxygen atoms in total. The van der Waals surface area contributed by atoms with Crippen LogP contribution in [-0.4, -0.2) is 45.9 Å². The zero-order valence-electron chi connectivity index (χ0n) is 3.64. The van der Waals surface area contributed by atoms with Gasteiger partial charge in [-0.05, 0) is 0 Å². The number of aliphatic carboxylic acids is 1. The number of hydrogen-bond donors (Lipinski definition) is 2. The Morgan fingerprint density at radius 3 is 1.62 bits per heavy atom. The topological polar surface area (TPSA) is 126 Å². The van der Waals surface area contributed by atoms with Crippen LogP contribution in [0.4, 0.5) is 0 Å². The van der Waals surface area contributed by atoms with E-state index in [4.69, 9.17) is 5.11 Å². The van der Waals surface area contributed by atoms with Crippen LogP contribution in [0.5, 0.6) is 0 Å². The van der Waals surface area contributed by atoms with Gasteiger partial charge in [-0.2, -0.15) is 0 Å². The molecule has 0 aliphatic heterocycles. The van der Waals surface area contributed by atoms with E-state index in [2.05, 4.69) is 5.73 Å². The van der Waals surface area contributed by atoms with Gasteiger partial charge in [0.05, 0.1) is 6.54 Å². The monoisotopic (exact) mass is 141 g/mol. The summed E-state index contributed by atoms with van der Waals surface area (Å²) in [5.74, 6) is -0.968. The molecule has 0 aromatic rings. The minimum atomic E-state index is -0.968. The Bertz CT molecular complexity index is 49.3. The van der Waals surface area contributed by atoms with Crippen molar-refractivity contribution in [3.8, 4) is 0 Å². The number of carboxylic acids is 1. The molecule has 0 aliphatic carbocycles. The predicted octanol–water partition coefficient (Wildman–Crippen LogP) is -3.80. The summed E-state index contributed by atoms with van der Waals surface area (Å²) in [7, 11) is 0. The van der Waals surface area contributed by atoms with E-state index in [9.17, 15) is 4.79 Å². The van der Waals surface area contributed by atoms with Gasteiger partial charge in [-0.15, -0.1) is 0 Å². The highest BCUT2D eigenvalue weighted by atomic mass is 27.0. The lowest BCUT2D eigenvalue weighted by molar-refractivity contribution is -0.135. The van der Waals surface area contributed by atoms with Gasteiger partial charge in [0.15, 0.2) is 17.4 Å². The van der Waals surface area contributed by atoms with Crippen molar-refractivity contribution in [1.29, 1.82) is 0 Å². The highest BCUT2D eigenvalue weighted by Crippen LogP contribution is 1.43. The lowest BCUT2D eigenvalue weighted by atomic mass is 10.7. The van der Waals surface area contributed by atoms with E-state index in [1.54, 1.807) is 0 Å². The normalized spacial score (nSPS) is 4.62. The first-order chi connectivity index (χ1) is 2.27. The van der Waals surface area contributed by atoms with Crippen LogP contribution in [0, 0.1) is 0 Å². The Kier molecular flexibility index (Phi) is 48.9. The van der Waals surface area contributed by atoms with Gasteiger partial charge < -0.3 is 21.8 Å². The Morgan fingerprint density at radius 2 is 1.62 bits per heavy atom. The molecule has 6 heteroatoms. The van der Waals surface area contributed by atoms with Crippen molar-refractivity contribution in [3.63, 3.8) is 0 Å². The van der Waals surface area contributed by atoms with Gasteiger partial charge in [-0.3, -0.25) is 4.79 Å². The van der Waals surface area contributed by atoms with Crippen molar-refractivity contribution in [3.05, 3.63) is 0 Å². The van der Waals surface area contributed by atoms with Gasteiger partial charge in [-0.1, -0.05) is 0 Å². The zero-order chi connectivity index (χ0) is 4.28. The highest BCUT2D eigenvalue weighted by molar-refractivity contribution is 5.75. The summed E-state index contributed by atoms with van der Waals surface area (Å²) in [6.45, 7) is -0.278. The number of carbonyl (C=O) groups is 1. The molecule has 0 unspecified atom stereocenters. The smallest absolute Gasteiger partial charge is 0.317 e. The molecular formula is C2H12AlNO4. The average molecular weight is 141 g/mol. The first-order valence-corrected chi connectivity index (χ1v) is 1.19. The van der Waals surface area contributed by atoms with Crippen molar-refractivity contribution in [2.75, 3.05) is 6.54 Å². The fraction of sp³-hybridized carbons (Fsp3) is 0.500. The van der Waals surface area contributed by atoms with Crippen LogP contribution < -0.4 is 5.73 Å². The molecule has 0 saturated heterocycles. The summed E-state index contributed by atoms with van der Waals surface area (Å²) in [5, 5.41) is 7.60. The van der Waals surface area contributed by atoms with Crippen LogP contribution in [0.2, 0.25) is 0 Å². The third-order valence-electron chi connectivity index (χ3n) is 0.175. The second-order valence-electron chi connectivity index (χ2n) is 0.598. The quantitative estimate of drug-likeness (QED) is 0.363. The van der Waals surface area contributed by atoms with Crippen LogP contribution in [0.3, 0.4) is 0 Å². The molecule has 0 saturated carbocycles. The maximum absolute atomic E-state index is 9.24. The van der Waals surface area contributed by atoms with Crippen molar-refractivity contribution in [1.82, 2.24) is 0 Å². The molecular weight excluding hydrogens is 129 g/mol. The van der Waals surface area contributed by atoms with Crippen molar-refractivity contribution in [2.24, 2.45) is 5.73 Å². The van der Waals surface area contributed by atoms with Gasteiger partial charge in [0.25, 0.3) is 0 Å². The minimum absolute atomic E-state index is 0. The molecule has 52 valence electrons. The summed E-state index contributed by atoms with van der Waals surface area (Å²) in [4.78, 5) is 9.24. The highest BCUT2D eigenvalue weighted by Gasteiger charge is 1.81. The van der Waals surface area contributed by atoms with E-state index in [-0.39, 0.29) is 34.9 Å². The van der Waals surface area contributed by atoms with Gasteiger partial charge >= 0.3 is 5.97 Å². The Hall–Kier alpha value is -0.118. The number of carboxylic acid groups (broad SMARTS) is 1. The average Bonchev–Trinajstić information content (AvgIpc) is 1.38. The first kappa shape index (κ1) is 24.8. The molecule has 0 amide bonds. The van der Waals surface area contributed by atoms with E-state index in [1.807, 2.05) is 0 Å². The third-order valence-corrected chi connectivity index (χ3v) is 0.175. The molecule has 0 fully saturated rings. The molecule has 0 aromatic carbocycles. The summed E-state index contributed by atoms with van der Waals surface area (Å²) in [6.07, 6.45) is 0. The Morgan fingerprint density at radius 1 is 1.50 bits per heavy atom. The number of rotatable bonds is 1. The molecule has 0 atom stereocenters. The van der Waals surface area contributed by atoms with E-state index in [0.29, 0.717) is 0 Å². The molecule has 0 radical (unpaired) electrons. The van der Waals surface area contributed by atoms with Gasteiger partial charge in [0.2, 0.25) is 0 Å². The van der Waals surface area contributed by atoms with E-state index < -0.39 is 5.97 Å². The Labute approximate surface area is 57.2 Å². The van der Waals surface area contributed by atoms with E-state index >= 15 is 0 Å². The molecule has 7 N–H and O–H groups in total. The lowest BCUT2D eigenvalue weighted by Gasteiger charge is -1.73. The molecule has 0 bridgehead atoms. The third kappa shape index (κ3) is 39.6. The van der Waals surface area contributed by atoms with Crippen molar-refractivity contribution in [2.45, 2.75) is 0 Å². The zero-order valence-corrected chi connectivity index (χ0v) is 3.64. The Balaban J connectivity index is -0.0000000267. The molecule has 0 spiro atoms. The van der Waals surface area contributed by atoms with Crippen LogP contribution >= 0.6 is 0 Å². The van der Waals surface area contributed by atoms with Crippen LogP contribution in [0.1, 0.15) is 0 Å². The maximum Gasteiger partial charge on any atom is 0.317 e. The molecule has 8 heavy (non-hydrogen) atoms. The van der Waals surface area contributed by atoms with E-state index in [1.165, 1.54) is 0 Å². The largest absolute Gasteiger partial charge is 0.480 e. The lowest BCUT2D eigenvalue weighted by Crippen LogP contribution is -2.10. The van der Waals surface area contributed by atoms with Crippen LogP contribution in [-0.2, 0) is 4.79 Å². The van der Waals surface area contributed by atoms with Gasteiger partial charge in [0, 0.05) is 0 Å². The second kappa shape index (κ2) is 15.8. The van der Waals surface area contributed by atoms with Gasteiger partial charge in [-0.25, -0.2) is 0 Å². The number of hydrogen-bond acceptors (Lipinski definition) is 2. The van der Waals surface area contributed by atoms with E-state index in [0.717, 1.165) is 0 Å².